The number of nitro groups is 1. The summed E-state index contributed by atoms with van der Waals surface area (Å²) in [6, 6.07) is 7.31. The van der Waals surface area contributed by atoms with Crippen molar-refractivity contribution in [3.8, 4) is 0 Å². The second kappa shape index (κ2) is 7.76. The lowest BCUT2D eigenvalue weighted by atomic mass is 9.70. The molecule has 1 aliphatic carbocycles. The Hall–Kier alpha value is -2.57. The fourth-order valence-corrected chi connectivity index (χ4v) is 4.20. The summed E-state index contributed by atoms with van der Waals surface area (Å²) in [4.78, 5) is 48.6. The van der Waals surface area contributed by atoms with Crippen LogP contribution in [0, 0.1) is 21.4 Å². The predicted molar refractivity (Wildman–Crippen MR) is 93.1 cm³/mol. The number of benzene rings is 1. The third-order valence-electron chi connectivity index (χ3n) is 5.16. The summed E-state index contributed by atoms with van der Waals surface area (Å²) in [5.41, 5.74) is -1.13. The van der Waals surface area contributed by atoms with Gasteiger partial charge in [0.05, 0.1) is 12.5 Å². The highest BCUT2D eigenvalue weighted by atomic mass is 16.6. The van der Waals surface area contributed by atoms with Gasteiger partial charge in [0.25, 0.3) is 0 Å². The van der Waals surface area contributed by atoms with Crippen LogP contribution in [0.5, 0.6) is 0 Å². The molecular weight excluding hydrogens is 338 g/mol. The summed E-state index contributed by atoms with van der Waals surface area (Å²) in [6.07, 6.45) is -0.116. The van der Waals surface area contributed by atoms with E-state index in [0.717, 1.165) is 0 Å². The summed E-state index contributed by atoms with van der Waals surface area (Å²) in [7, 11) is 0. The molecule has 0 aromatic heterocycles. The molecule has 1 aromatic rings. The van der Waals surface area contributed by atoms with Crippen molar-refractivity contribution >= 4 is 17.5 Å². The molecule has 140 valence electrons. The summed E-state index contributed by atoms with van der Waals surface area (Å²) < 4.78 is 5.16. The number of hydrogen-bond donors (Lipinski definition) is 0. The molecule has 7 heteroatoms. The van der Waals surface area contributed by atoms with E-state index in [0.29, 0.717) is 5.56 Å². The highest BCUT2D eigenvalue weighted by Crippen LogP contribution is 2.55. The Kier molecular flexibility index (Phi) is 5.90. The normalized spacial score (nSPS) is 27.7. The quantitative estimate of drug-likeness (QED) is 0.320. The minimum Gasteiger partial charge on any atom is -0.465 e. The lowest BCUT2D eigenvalue weighted by molar-refractivity contribution is -0.532. The van der Waals surface area contributed by atoms with Gasteiger partial charge < -0.3 is 9.53 Å². The summed E-state index contributed by atoms with van der Waals surface area (Å²) in [6.45, 7) is 4.30. The van der Waals surface area contributed by atoms with Crippen LogP contribution in [0.25, 0.3) is 0 Å². The van der Waals surface area contributed by atoms with Gasteiger partial charge in [0.2, 0.25) is 6.04 Å². The molecule has 0 radical (unpaired) electrons. The monoisotopic (exact) mass is 361 g/mol. The average molecular weight is 361 g/mol. The van der Waals surface area contributed by atoms with E-state index in [4.69, 9.17) is 4.74 Å². The first kappa shape index (κ1) is 19.8. The highest BCUT2D eigenvalue weighted by Gasteiger charge is 2.66. The Morgan fingerprint density at radius 3 is 2.31 bits per heavy atom. The third-order valence-corrected chi connectivity index (χ3v) is 5.16. The molecule has 2 rings (SSSR count). The molecule has 1 aromatic carbocycles. The maximum absolute atomic E-state index is 12.8. The molecule has 0 N–H and O–H groups in total. The SMILES string of the molecule is CCOC(=O)[C@]1(C(C)=O)C[C@@H](CC(C)=O)[C@@H]([N+](=O)[O-])[C@@H]1c1ccccc1. The van der Waals surface area contributed by atoms with Crippen molar-refractivity contribution in [1.82, 2.24) is 0 Å². The Labute approximate surface area is 151 Å². The van der Waals surface area contributed by atoms with Crippen molar-refractivity contribution in [2.45, 2.75) is 45.6 Å². The van der Waals surface area contributed by atoms with Crippen LogP contribution in [0.4, 0.5) is 0 Å². The van der Waals surface area contributed by atoms with Gasteiger partial charge in [-0.15, -0.1) is 0 Å². The van der Waals surface area contributed by atoms with Gasteiger partial charge in [0, 0.05) is 17.3 Å². The molecule has 0 amide bonds. The third kappa shape index (κ3) is 3.38. The topological polar surface area (TPSA) is 104 Å². The minimum atomic E-state index is -1.66. The standard InChI is InChI=1S/C19H23NO6/c1-4-26-18(23)19(13(3)22)11-15(10-12(2)21)17(20(24)25)16(19)14-8-6-5-7-9-14/h5-9,15-17H,4,10-11H2,1-3H3/t15-,16+,17-,19+/m1/s1. The molecule has 7 nitrogen and oxygen atoms in total. The Bertz CT molecular complexity index is 716. The van der Waals surface area contributed by atoms with Gasteiger partial charge in [0.15, 0.2) is 0 Å². The molecule has 0 unspecified atom stereocenters. The number of carbonyl (C=O) groups excluding carboxylic acids is 3. The Morgan fingerprint density at radius 1 is 1.23 bits per heavy atom. The van der Waals surface area contributed by atoms with E-state index < -0.39 is 40.0 Å². The number of rotatable bonds is 7. The van der Waals surface area contributed by atoms with Crippen molar-refractivity contribution in [2.75, 3.05) is 6.61 Å². The van der Waals surface area contributed by atoms with Crippen LogP contribution in [0.15, 0.2) is 30.3 Å². The minimum absolute atomic E-state index is 0.0522. The number of esters is 1. The first-order valence-corrected chi connectivity index (χ1v) is 8.61. The van der Waals surface area contributed by atoms with E-state index in [9.17, 15) is 24.5 Å². The van der Waals surface area contributed by atoms with Crippen LogP contribution in [-0.4, -0.2) is 35.1 Å². The van der Waals surface area contributed by atoms with E-state index in [1.54, 1.807) is 37.3 Å². The first-order valence-electron chi connectivity index (χ1n) is 8.61. The Balaban J connectivity index is 2.69. The van der Waals surface area contributed by atoms with Crippen LogP contribution in [0.1, 0.15) is 45.1 Å². The maximum Gasteiger partial charge on any atom is 0.320 e. The second-order valence-corrected chi connectivity index (χ2v) is 6.78. The van der Waals surface area contributed by atoms with Crippen LogP contribution in [0.3, 0.4) is 0 Å². The maximum atomic E-state index is 12.8. The van der Waals surface area contributed by atoms with Crippen molar-refractivity contribution in [3.63, 3.8) is 0 Å². The van der Waals surface area contributed by atoms with Gasteiger partial charge in [0.1, 0.15) is 17.0 Å². The molecule has 1 saturated carbocycles. The fourth-order valence-electron chi connectivity index (χ4n) is 4.20. The number of Topliss-reactive ketones (excluding diaryl/α,β-unsaturated/α-hetero) is 2. The number of hydrogen-bond acceptors (Lipinski definition) is 6. The number of ketones is 2. The van der Waals surface area contributed by atoms with Gasteiger partial charge in [-0.1, -0.05) is 30.3 Å². The Morgan fingerprint density at radius 2 is 1.85 bits per heavy atom. The molecule has 1 fully saturated rings. The smallest absolute Gasteiger partial charge is 0.320 e. The second-order valence-electron chi connectivity index (χ2n) is 6.78. The number of nitrogens with zero attached hydrogens (tertiary/aromatic N) is 1. The van der Waals surface area contributed by atoms with E-state index >= 15 is 0 Å². The van der Waals surface area contributed by atoms with Gasteiger partial charge in [-0.05, 0) is 32.8 Å². The zero-order chi connectivity index (χ0) is 19.5. The lowest BCUT2D eigenvalue weighted by Crippen LogP contribution is -2.44. The zero-order valence-corrected chi connectivity index (χ0v) is 15.1. The molecule has 0 spiro atoms. The molecule has 4 atom stereocenters. The van der Waals surface area contributed by atoms with E-state index in [2.05, 4.69) is 0 Å². The largest absolute Gasteiger partial charge is 0.465 e. The molecular formula is C19H23NO6. The van der Waals surface area contributed by atoms with E-state index in [1.165, 1.54) is 13.8 Å². The summed E-state index contributed by atoms with van der Waals surface area (Å²) in [5, 5.41) is 11.9. The van der Waals surface area contributed by atoms with Crippen LogP contribution in [-0.2, 0) is 19.1 Å². The van der Waals surface area contributed by atoms with Crippen LogP contribution >= 0.6 is 0 Å². The molecule has 1 aliphatic rings. The van der Waals surface area contributed by atoms with Crippen molar-refractivity contribution in [1.29, 1.82) is 0 Å². The van der Waals surface area contributed by atoms with E-state index in [1.807, 2.05) is 0 Å². The van der Waals surface area contributed by atoms with Crippen LogP contribution < -0.4 is 0 Å². The molecule has 0 saturated heterocycles. The highest BCUT2D eigenvalue weighted by molar-refractivity contribution is 6.04. The molecule has 0 heterocycles. The van der Waals surface area contributed by atoms with Crippen LogP contribution in [0.2, 0.25) is 0 Å². The lowest BCUT2D eigenvalue weighted by Gasteiger charge is -2.30. The van der Waals surface area contributed by atoms with Crippen molar-refractivity contribution in [2.24, 2.45) is 11.3 Å². The van der Waals surface area contributed by atoms with Gasteiger partial charge in [-0.3, -0.25) is 19.7 Å². The predicted octanol–water partition coefficient (Wildman–Crippen LogP) is 2.55. The number of ether oxygens (including phenoxy) is 1. The molecule has 0 aliphatic heterocycles. The number of carbonyl (C=O) groups is 3. The summed E-state index contributed by atoms with van der Waals surface area (Å²) >= 11 is 0. The molecule has 26 heavy (non-hydrogen) atoms. The van der Waals surface area contributed by atoms with Crippen molar-refractivity contribution in [3.05, 3.63) is 46.0 Å². The van der Waals surface area contributed by atoms with Crippen molar-refractivity contribution < 1.29 is 24.0 Å². The first-order chi connectivity index (χ1) is 12.3. The molecule has 0 bridgehead atoms. The van der Waals surface area contributed by atoms with Gasteiger partial charge >= 0.3 is 5.97 Å². The van der Waals surface area contributed by atoms with Gasteiger partial charge in [-0.2, -0.15) is 0 Å². The fraction of sp³-hybridized carbons (Fsp3) is 0.526. The summed E-state index contributed by atoms with van der Waals surface area (Å²) in [5.74, 6) is -3.11. The van der Waals surface area contributed by atoms with Gasteiger partial charge in [-0.25, -0.2) is 0 Å². The van der Waals surface area contributed by atoms with E-state index in [-0.39, 0.29) is 25.2 Å². The zero-order valence-electron chi connectivity index (χ0n) is 15.1. The average Bonchev–Trinajstić information content (AvgIpc) is 2.91.